The first kappa shape index (κ1) is 15.9. The number of amides is 1. The summed E-state index contributed by atoms with van der Waals surface area (Å²) in [5.41, 5.74) is 2.41. The SMILES string of the molecule is O=C1Nc2ccc([N+](=O)[O-])cc2C1c1c2cncnc2nn1C1CCCC1. The zero-order chi connectivity index (χ0) is 18.5. The second kappa shape index (κ2) is 5.83. The number of carbonyl (C=O) groups excluding carboxylic acids is 1. The molecule has 9 heteroatoms. The van der Waals surface area contributed by atoms with E-state index in [9.17, 15) is 14.9 Å². The molecule has 1 aliphatic carbocycles. The highest BCUT2D eigenvalue weighted by atomic mass is 16.6. The van der Waals surface area contributed by atoms with Gasteiger partial charge in [-0.1, -0.05) is 12.8 Å². The summed E-state index contributed by atoms with van der Waals surface area (Å²) in [6.45, 7) is 0. The Kier molecular flexibility index (Phi) is 3.43. The lowest BCUT2D eigenvalue weighted by molar-refractivity contribution is -0.384. The zero-order valence-corrected chi connectivity index (χ0v) is 14.3. The number of carbonyl (C=O) groups is 1. The molecule has 1 fully saturated rings. The van der Waals surface area contributed by atoms with E-state index in [-0.39, 0.29) is 17.6 Å². The maximum atomic E-state index is 12.9. The number of anilines is 1. The van der Waals surface area contributed by atoms with Gasteiger partial charge in [0.1, 0.15) is 12.2 Å². The van der Waals surface area contributed by atoms with Crippen LogP contribution in [0.15, 0.2) is 30.7 Å². The molecule has 1 amide bonds. The van der Waals surface area contributed by atoms with Gasteiger partial charge in [-0.15, -0.1) is 0 Å². The van der Waals surface area contributed by atoms with Crippen molar-refractivity contribution in [3.05, 3.63) is 52.1 Å². The predicted molar refractivity (Wildman–Crippen MR) is 96.4 cm³/mol. The van der Waals surface area contributed by atoms with Gasteiger partial charge in [-0.25, -0.2) is 9.97 Å². The van der Waals surface area contributed by atoms with Gasteiger partial charge in [-0.2, -0.15) is 5.10 Å². The summed E-state index contributed by atoms with van der Waals surface area (Å²) in [5.74, 6) is -0.883. The highest BCUT2D eigenvalue weighted by Gasteiger charge is 2.38. The van der Waals surface area contributed by atoms with Crippen molar-refractivity contribution in [2.24, 2.45) is 0 Å². The molecule has 1 aromatic carbocycles. The molecule has 0 radical (unpaired) electrons. The molecule has 1 atom stereocenters. The minimum absolute atomic E-state index is 0.0391. The van der Waals surface area contributed by atoms with Crippen LogP contribution in [0.2, 0.25) is 0 Å². The Hall–Kier alpha value is -3.36. The summed E-state index contributed by atoms with van der Waals surface area (Å²) in [4.78, 5) is 32.0. The Morgan fingerprint density at radius 3 is 2.85 bits per heavy atom. The Bertz CT molecular complexity index is 1090. The van der Waals surface area contributed by atoms with E-state index in [0.29, 0.717) is 28.0 Å². The number of nitrogens with one attached hydrogen (secondary N) is 1. The van der Waals surface area contributed by atoms with Crippen LogP contribution in [0.25, 0.3) is 11.0 Å². The lowest BCUT2D eigenvalue weighted by atomic mass is 9.94. The van der Waals surface area contributed by atoms with Gasteiger partial charge in [-0.05, 0) is 18.9 Å². The van der Waals surface area contributed by atoms with E-state index in [1.54, 1.807) is 12.3 Å². The topological polar surface area (TPSA) is 116 Å². The summed E-state index contributed by atoms with van der Waals surface area (Å²) in [6, 6.07) is 4.65. The van der Waals surface area contributed by atoms with Crippen LogP contribution in [-0.4, -0.2) is 30.6 Å². The molecular weight excluding hydrogens is 348 g/mol. The highest BCUT2D eigenvalue weighted by molar-refractivity contribution is 6.06. The molecule has 0 saturated heterocycles. The molecule has 2 aromatic heterocycles. The molecular formula is C18H16N6O3. The molecule has 1 unspecified atom stereocenters. The van der Waals surface area contributed by atoms with Crippen molar-refractivity contribution >= 4 is 28.3 Å². The standard InChI is InChI=1S/C18H16N6O3/c25-18-15(12-7-11(24(26)27)5-6-14(12)21-18)16-13-8-19-9-20-17(13)22-23(16)10-3-1-2-4-10/h5-10,15H,1-4H2,(H,21,25). The van der Waals surface area contributed by atoms with Gasteiger partial charge in [0.25, 0.3) is 5.69 Å². The Morgan fingerprint density at radius 1 is 1.26 bits per heavy atom. The zero-order valence-electron chi connectivity index (χ0n) is 14.3. The van der Waals surface area contributed by atoms with Gasteiger partial charge in [-0.3, -0.25) is 19.6 Å². The fourth-order valence-corrected chi connectivity index (χ4v) is 4.21. The van der Waals surface area contributed by atoms with E-state index in [0.717, 1.165) is 25.7 Å². The van der Waals surface area contributed by atoms with Gasteiger partial charge in [0.2, 0.25) is 5.91 Å². The van der Waals surface area contributed by atoms with E-state index in [2.05, 4.69) is 20.4 Å². The van der Waals surface area contributed by atoms with Gasteiger partial charge in [0.15, 0.2) is 5.65 Å². The van der Waals surface area contributed by atoms with E-state index >= 15 is 0 Å². The lowest BCUT2D eigenvalue weighted by Crippen LogP contribution is -2.20. The van der Waals surface area contributed by atoms with Gasteiger partial charge >= 0.3 is 0 Å². The van der Waals surface area contributed by atoms with Crippen molar-refractivity contribution in [3.8, 4) is 0 Å². The summed E-state index contributed by atoms with van der Waals surface area (Å²) in [5, 5.41) is 19.4. The number of fused-ring (bicyclic) bond motifs is 2. The number of non-ortho nitro benzene ring substituents is 1. The number of hydrogen-bond acceptors (Lipinski definition) is 6. The number of nitro benzene ring substituents is 1. The number of nitrogens with zero attached hydrogens (tertiary/aromatic N) is 5. The number of benzene rings is 1. The Labute approximate surface area is 153 Å². The van der Waals surface area contributed by atoms with Crippen LogP contribution in [0.1, 0.15) is 48.9 Å². The quantitative estimate of drug-likeness (QED) is 0.564. The second-order valence-corrected chi connectivity index (χ2v) is 6.98. The average molecular weight is 364 g/mol. The van der Waals surface area contributed by atoms with Gasteiger partial charge in [0.05, 0.1) is 22.0 Å². The lowest BCUT2D eigenvalue weighted by Gasteiger charge is -2.17. The molecule has 9 nitrogen and oxygen atoms in total. The maximum Gasteiger partial charge on any atom is 0.269 e. The molecule has 3 aromatic rings. The molecule has 136 valence electrons. The third kappa shape index (κ3) is 2.38. The first-order valence-corrected chi connectivity index (χ1v) is 8.91. The smallest absolute Gasteiger partial charge is 0.269 e. The molecule has 0 bridgehead atoms. The number of aromatic nitrogens is 4. The summed E-state index contributed by atoms with van der Waals surface area (Å²) in [6.07, 6.45) is 7.31. The van der Waals surface area contributed by atoms with Crippen molar-refractivity contribution in [1.82, 2.24) is 19.7 Å². The van der Waals surface area contributed by atoms with E-state index in [1.807, 2.05) is 4.68 Å². The molecule has 0 spiro atoms. The van der Waals surface area contributed by atoms with Crippen molar-refractivity contribution in [1.29, 1.82) is 0 Å². The maximum absolute atomic E-state index is 12.9. The summed E-state index contributed by atoms with van der Waals surface area (Å²) < 4.78 is 1.91. The Balaban J connectivity index is 1.74. The van der Waals surface area contributed by atoms with Crippen LogP contribution in [0.3, 0.4) is 0 Å². The van der Waals surface area contributed by atoms with Gasteiger partial charge < -0.3 is 5.32 Å². The van der Waals surface area contributed by atoms with Crippen molar-refractivity contribution in [2.75, 3.05) is 5.32 Å². The predicted octanol–water partition coefficient (Wildman–Crippen LogP) is 2.93. The van der Waals surface area contributed by atoms with Crippen LogP contribution in [0, 0.1) is 10.1 Å². The van der Waals surface area contributed by atoms with Crippen LogP contribution in [0.5, 0.6) is 0 Å². The third-order valence-corrected chi connectivity index (χ3v) is 5.44. The molecule has 2 aliphatic rings. The van der Waals surface area contributed by atoms with Gasteiger partial charge in [0, 0.05) is 29.6 Å². The van der Waals surface area contributed by atoms with Crippen molar-refractivity contribution < 1.29 is 9.72 Å². The largest absolute Gasteiger partial charge is 0.325 e. The average Bonchev–Trinajstić information content (AvgIpc) is 3.37. The van der Waals surface area contributed by atoms with E-state index < -0.39 is 10.8 Å². The van der Waals surface area contributed by atoms with E-state index in [1.165, 1.54) is 18.5 Å². The van der Waals surface area contributed by atoms with Crippen LogP contribution in [-0.2, 0) is 4.79 Å². The third-order valence-electron chi connectivity index (χ3n) is 5.44. The second-order valence-electron chi connectivity index (χ2n) is 6.98. The van der Waals surface area contributed by atoms with Crippen molar-refractivity contribution in [2.45, 2.75) is 37.6 Å². The number of rotatable bonds is 3. The molecule has 3 heterocycles. The first-order valence-electron chi connectivity index (χ1n) is 8.91. The van der Waals surface area contributed by atoms with Crippen LogP contribution >= 0.6 is 0 Å². The van der Waals surface area contributed by atoms with Crippen molar-refractivity contribution in [3.63, 3.8) is 0 Å². The molecule has 27 heavy (non-hydrogen) atoms. The molecule has 1 N–H and O–H groups in total. The van der Waals surface area contributed by atoms with E-state index in [4.69, 9.17) is 0 Å². The molecule has 1 saturated carbocycles. The fourth-order valence-electron chi connectivity index (χ4n) is 4.21. The molecule has 5 rings (SSSR count). The number of hydrogen-bond donors (Lipinski definition) is 1. The summed E-state index contributed by atoms with van der Waals surface area (Å²) >= 11 is 0. The van der Waals surface area contributed by atoms with Crippen LogP contribution in [0.4, 0.5) is 11.4 Å². The normalized spacial score (nSPS) is 19.4. The summed E-state index contributed by atoms with van der Waals surface area (Å²) in [7, 11) is 0. The fraction of sp³-hybridized carbons (Fsp3) is 0.333. The first-order chi connectivity index (χ1) is 13.1. The molecule has 1 aliphatic heterocycles. The number of nitro groups is 1. The van der Waals surface area contributed by atoms with Crippen LogP contribution < -0.4 is 5.32 Å². The minimum atomic E-state index is -0.670. The Morgan fingerprint density at radius 2 is 2.07 bits per heavy atom. The monoisotopic (exact) mass is 364 g/mol. The highest BCUT2D eigenvalue weighted by Crippen LogP contribution is 2.43. The minimum Gasteiger partial charge on any atom is -0.325 e.